The second-order valence-corrected chi connectivity index (χ2v) is 7.22. The van der Waals surface area contributed by atoms with Crippen LogP contribution in [-0.4, -0.2) is 73.8 Å². The number of urea groups is 1. The lowest BCUT2D eigenvalue weighted by atomic mass is 10.2. The molecule has 0 aliphatic carbocycles. The third-order valence-electron chi connectivity index (χ3n) is 2.87. The van der Waals surface area contributed by atoms with Gasteiger partial charge >= 0.3 is 12.0 Å². The van der Waals surface area contributed by atoms with Gasteiger partial charge in [0.1, 0.15) is 15.9 Å². The SMILES string of the molecule is CN(CCCCCO)C(=O)NC(CCS(C)(=O)=O)C(=O)O. The lowest BCUT2D eigenvalue weighted by Gasteiger charge is -2.21. The highest BCUT2D eigenvalue weighted by atomic mass is 32.2. The second-order valence-electron chi connectivity index (χ2n) is 4.96. The van der Waals surface area contributed by atoms with Gasteiger partial charge in [-0.1, -0.05) is 0 Å². The van der Waals surface area contributed by atoms with Crippen molar-refractivity contribution in [3.8, 4) is 0 Å². The molecule has 1 atom stereocenters. The normalized spacial score (nSPS) is 12.7. The van der Waals surface area contributed by atoms with E-state index in [1.165, 1.54) is 11.9 Å². The molecule has 0 saturated carbocycles. The molecular formula is C12H24N2O6S. The molecule has 1 unspecified atom stereocenters. The first-order valence-electron chi connectivity index (χ1n) is 6.70. The van der Waals surface area contributed by atoms with E-state index in [9.17, 15) is 18.0 Å². The van der Waals surface area contributed by atoms with E-state index < -0.39 is 27.9 Å². The van der Waals surface area contributed by atoms with Gasteiger partial charge in [-0.2, -0.15) is 0 Å². The van der Waals surface area contributed by atoms with E-state index in [2.05, 4.69) is 5.32 Å². The molecule has 0 rings (SSSR count). The highest BCUT2D eigenvalue weighted by Gasteiger charge is 2.22. The number of aliphatic carboxylic acids is 1. The summed E-state index contributed by atoms with van der Waals surface area (Å²) in [5, 5.41) is 19.9. The van der Waals surface area contributed by atoms with Gasteiger partial charge in [0.25, 0.3) is 0 Å². The van der Waals surface area contributed by atoms with Crippen molar-refractivity contribution in [2.45, 2.75) is 31.7 Å². The van der Waals surface area contributed by atoms with Gasteiger partial charge in [-0.3, -0.25) is 0 Å². The van der Waals surface area contributed by atoms with E-state index in [4.69, 9.17) is 10.2 Å². The molecule has 8 nitrogen and oxygen atoms in total. The van der Waals surface area contributed by atoms with Crippen LogP contribution < -0.4 is 5.32 Å². The van der Waals surface area contributed by atoms with E-state index in [0.29, 0.717) is 19.4 Å². The van der Waals surface area contributed by atoms with Crippen LogP contribution in [0, 0.1) is 0 Å². The molecule has 0 saturated heterocycles. The minimum atomic E-state index is -3.28. The van der Waals surface area contributed by atoms with Crippen molar-refractivity contribution < 1.29 is 28.2 Å². The number of nitrogens with zero attached hydrogens (tertiary/aromatic N) is 1. The average Bonchev–Trinajstić information content (AvgIpc) is 2.37. The topological polar surface area (TPSA) is 124 Å². The molecule has 0 aliphatic rings. The van der Waals surface area contributed by atoms with Crippen LogP contribution in [0.15, 0.2) is 0 Å². The standard InChI is InChI=1S/C12H24N2O6S/c1-14(7-4-3-5-8-15)12(18)13-10(11(16)17)6-9-21(2,19)20/h10,15H,3-9H2,1-2H3,(H,13,18)(H,16,17). The van der Waals surface area contributed by atoms with E-state index in [1.807, 2.05) is 0 Å². The summed E-state index contributed by atoms with van der Waals surface area (Å²) < 4.78 is 22.1. The van der Waals surface area contributed by atoms with E-state index in [1.54, 1.807) is 0 Å². The monoisotopic (exact) mass is 324 g/mol. The van der Waals surface area contributed by atoms with Gasteiger partial charge < -0.3 is 20.4 Å². The van der Waals surface area contributed by atoms with Crippen LogP contribution in [0.2, 0.25) is 0 Å². The summed E-state index contributed by atoms with van der Waals surface area (Å²) in [6.45, 7) is 0.534. The number of carbonyl (C=O) groups is 2. The fraction of sp³-hybridized carbons (Fsp3) is 0.833. The maximum absolute atomic E-state index is 11.8. The lowest BCUT2D eigenvalue weighted by Crippen LogP contribution is -2.47. The van der Waals surface area contributed by atoms with Crippen LogP contribution >= 0.6 is 0 Å². The van der Waals surface area contributed by atoms with Crippen LogP contribution in [0.3, 0.4) is 0 Å². The maximum Gasteiger partial charge on any atom is 0.326 e. The fourth-order valence-electron chi connectivity index (χ4n) is 1.59. The first kappa shape index (κ1) is 19.7. The Morgan fingerprint density at radius 3 is 2.33 bits per heavy atom. The molecule has 124 valence electrons. The number of unbranched alkanes of at least 4 members (excludes halogenated alkanes) is 2. The van der Waals surface area contributed by atoms with Crippen LogP contribution in [0.25, 0.3) is 0 Å². The molecule has 9 heteroatoms. The Morgan fingerprint density at radius 2 is 1.86 bits per heavy atom. The van der Waals surface area contributed by atoms with Crippen molar-refractivity contribution in [3.05, 3.63) is 0 Å². The minimum absolute atomic E-state index is 0.0997. The summed E-state index contributed by atoms with van der Waals surface area (Å²) in [6.07, 6.45) is 2.97. The van der Waals surface area contributed by atoms with Crippen molar-refractivity contribution in [1.29, 1.82) is 0 Å². The number of rotatable bonds is 10. The number of nitrogens with one attached hydrogen (secondary N) is 1. The summed E-state index contributed by atoms with van der Waals surface area (Å²) in [5.74, 6) is -1.56. The van der Waals surface area contributed by atoms with Crippen LogP contribution in [-0.2, 0) is 14.6 Å². The number of carbonyl (C=O) groups excluding carboxylic acids is 1. The Morgan fingerprint density at radius 1 is 1.24 bits per heavy atom. The quantitative estimate of drug-likeness (QED) is 0.473. The van der Waals surface area contributed by atoms with Crippen LogP contribution in [0.1, 0.15) is 25.7 Å². The zero-order chi connectivity index (χ0) is 16.5. The van der Waals surface area contributed by atoms with Crippen molar-refractivity contribution >= 4 is 21.8 Å². The first-order chi connectivity index (χ1) is 9.67. The third-order valence-corrected chi connectivity index (χ3v) is 3.85. The Kier molecular flexibility index (Phi) is 8.95. The summed E-state index contributed by atoms with van der Waals surface area (Å²) in [4.78, 5) is 24.2. The highest BCUT2D eigenvalue weighted by Crippen LogP contribution is 2.01. The number of sulfone groups is 1. The number of amides is 2. The predicted octanol–water partition coefficient (Wildman–Crippen LogP) is -0.322. The van der Waals surface area contributed by atoms with Crippen molar-refractivity contribution in [3.63, 3.8) is 0 Å². The summed E-state index contributed by atoms with van der Waals surface area (Å²) in [7, 11) is -1.75. The number of carboxylic acids is 1. The molecule has 0 aromatic carbocycles. The molecular weight excluding hydrogens is 300 g/mol. The van der Waals surface area contributed by atoms with Gasteiger partial charge in [0, 0.05) is 26.5 Å². The van der Waals surface area contributed by atoms with Gasteiger partial charge in [0.05, 0.1) is 5.75 Å². The number of hydrogen-bond donors (Lipinski definition) is 3. The molecule has 21 heavy (non-hydrogen) atoms. The Labute approximate surface area is 125 Å². The van der Waals surface area contributed by atoms with E-state index >= 15 is 0 Å². The Bertz CT molecular complexity index is 437. The number of hydrogen-bond acceptors (Lipinski definition) is 5. The average molecular weight is 324 g/mol. The third kappa shape index (κ3) is 10.1. The van der Waals surface area contributed by atoms with Gasteiger partial charge in [0.15, 0.2) is 0 Å². The number of aliphatic hydroxyl groups is 1. The highest BCUT2D eigenvalue weighted by molar-refractivity contribution is 7.90. The summed E-state index contributed by atoms with van der Waals surface area (Å²) in [6, 6.07) is -1.79. The molecule has 3 N–H and O–H groups in total. The summed E-state index contributed by atoms with van der Waals surface area (Å²) >= 11 is 0. The molecule has 0 aromatic heterocycles. The fourth-order valence-corrected chi connectivity index (χ4v) is 2.25. The number of aliphatic hydroxyl groups excluding tert-OH is 1. The Balaban J connectivity index is 4.30. The molecule has 0 bridgehead atoms. The molecule has 0 spiro atoms. The van der Waals surface area contributed by atoms with Crippen molar-refractivity contribution in [1.82, 2.24) is 10.2 Å². The second kappa shape index (κ2) is 9.56. The summed E-state index contributed by atoms with van der Waals surface area (Å²) in [5.41, 5.74) is 0. The van der Waals surface area contributed by atoms with Crippen molar-refractivity contribution in [2.75, 3.05) is 32.2 Å². The predicted molar refractivity (Wildman–Crippen MR) is 77.9 cm³/mol. The molecule has 0 fully saturated rings. The first-order valence-corrected chi connectivity index (χ1v) is 8.76. The molecule has 0 aromatic rings. The van der Waals surface area contributed by atoms with E-state index in [-0.39, 0.29) is 18.8 Å². The largest absolute Gasteiger partial charge is 0.480 e. The van der Waals surface area contributed by atoms with Crippen molar-refractivity contribution in [2.24, 2.45) is 0 Å². The smallest absolute Gasteiger partial charge is 0.326 e. The maximum atomic E-state index is 11.8. The molecule has 2 amide bonds. The minimum Gasteiger partial charge on any atom is -0.480 e. The van der Waals surface area contributed by atoms with Gasteiger partial charge in [-0.25, -0.2) is 18.0 Å². The lowest BCUT2D eigenvalue weighted by molar-refractivity contribution is -0.139. The zero-order valence-corrected chi connectivity index (χ0v) is 13.2. The van der Waals surface area contributed by atoms with Gasteiger partial charge in [-0.15, -0.1) is 0 Å². The molecule has 0 radical (unpaired) electrons. The number of carboxylic acid groups (broad SMARTS) is 1. The zero-order valence-electron chi connectivity index (χ0n) is 12.4. The van der Waals surface area contributed by atoms with Crippen LogP contribution in [0.5, 0.6) is 0 Å². The van der Waals surface area contributed by atoms with Gasteiger partial charge in [-0.05, 0) is 25.7 Å². The van der Waals surface area contributed by atoms with Crippen LogP contribution in [0.4, 0.5) is 4.79 Å². The molecule has 0 aliphatic heterocycles. The van der Waals surface area contributed by atoms with Gasteiger partial charge in [0.2, 0.25) is 0 Å². The van der Waals surface area contributed by atoms with E-state index in [0.717, 1.165) is 12.7 Å². The Hall–Kier alpha value is -1.35. The molecule has 0 heterocycles.